The van der Waals surface area contributed by atoms with E-state index >= 15 is 0 Å². The maximum atomic E-state index is 12.0. The molecule has 0 atom stereocenters. The molecule has 0 radical (unpaired) electrons. The number of hydrogen-bond acceptors (Lipinski definition) is 3. The molecule has 2 heterocycles. The Labute approximate surface area is 105 Å². The number of unbranched alkanes of at least 4 members (excludes halogenated alkanes) is 1. The van der Waals surface area contributed by atoms with Gasteiger partial charge in [0.2, 0.25) is 0 Å². The third kappa shape index (κ3) is 2.42. The molecule has 2 aromatic heterocycles. The number of thiophene rings is 1. The van der Waals surface area contributed by atoms with E-state index in [1.807, 2.05) is 23.6 Å². The summed E-state index contributed by atoms with van der Waals surface area (Å²) in [5, 5.41) is 2.01. The van der Waals surface area contributed by atoms with E-state index in [-0.39, 0.29) is 5.56 Å². The van der Waals surface area contributed by atoms with Crippen molar-refractivity contribution < 1.29 is 0 Å². The predicted octanol–water partition coefficient (Wildman–Crippen LogP) is 2.96. The van der Waals surface area contributed by atoms with Crippen LogP contribution in [-0.4, -0.2) is 4.57 Å². The largest absolute Gasteiger partial charge is 0.394 e. The van der Waals surface area contributed by atoms with Crippen LogP contribution in [0.25, 0.3) is 10.6 Å². The molecule has 0 aliphatic carbocycles. The fourth-order valence-electron chi connectivity index (χ4n) is 1.77. The molecule has 0 amide bonds. The van der Waals surface area contributed by atoms with E-state index in [0.29, 0.717) is 5.69 Å². The molecule has 2 rings (SSSR count). The number of pyridine rings is 1. The van der Waals surface area contributed by atoms with Crippen LogP contribution in [-0.2, 0) is 6.54 Å². The zero-order chi connectivity index (χ0) is 12.3. The van der Waals surface area contributed by atoms with E-state index in [0.717, 1.165) is 30.0 Å². The summed E-state index contributed by atoms with van der Waals surface area (Å²) in [6.45, 7) is 2.84. The van der Waals surface area contributed by atoms with Crippen LogP contribution >= 0.6 is 11.3 Å². The van der Waals surface area contributed by atoms with Gasteiger partial charge in [-0.05, 0) is 30.0 Å². The number of nitrogens with two attached hydrogens (primary N) is 1. The van der Waals surface area contributed by atoms with Crippen LogP contribution in [0.2, 0.25) is 0 Å². The Kier molecular flexibility index (Phi) is 3.64. The van der Waals surface area contributed by atoms with Crippen molar-refractivity contribution in [2.45, 2.75) is 26.3 Å². The van der Waals surface area contributed by atoms with Crippen molar-refractivity contribution in [2.75, 3.05) is 5.73 Å². The van der Waals surface area contributed by atoms with Gasteiger partial charge in [-0.25, -0.2) is 0 Å². The summed E-state index contributed by atoms with van der Waals surface area (Å²) in [6.07, 6.45) is 2.05. The Morgan fingerprint density at radius 3 is 2.82 bits per heavy atom. The highest BCUT2D eigenvalue weighted by Gasteiger charge is 2.08. The first-order chi connectivity index (χ1) is 8.24. The number of anilines is 1. The molecule has 0 aliphatic heterocycles. The molecule has 0 unspecified atom stereocenters. The highest BCUT2D eigenvalue weighted by atomic mass is 32.1. The van der Waals surface area contributed by atoms with Gasteiger partial charge in [0.15, 0.2) is 0 Å². The Hall–Kier alpha value is -1.55. The second-order valence-electron chi connectivity index (χ2n) is 3.96. The summed E-state index contributed by atoms with van der Waals surface area (Å²) >= 11 is 1.64. The van der Waals surface area contributed by atoms with Gasteiger partial charge >= 0.3 is 0 Å². The normalized spacial score (nSPS) is 10.6. The van der Waals surface area contributed by atoms with Crippen LogP contribution in [0.5, 0.6) is 0 Å². The average molecular weight is 248 g/mol. The molecule has 3 nitrogen and oxygen atoms in total. The molecule has 0 spiro atoms. The lowest BCUT2D eigenvalue weighted by Crippen LogP contribution is -2.24. The maximum absolute atomic E-state index is 12.0. The monoisotopic (exact) mass is 248 g/mol. The van der Waals surface area contributed by atoms with Crippen LogP contribution in [0.15, 0.2) is 34.4 Å². The molecule has 2 aromatic rings. The second-order valence-corrected chi connectivity index (χ2v) is 4.91. The molecule has 0 saturated carbocycles. The van der Waals surface area contributed by atoms with Gasteiger partial charge in [0.25, 0.3) is 5.56 Å². The number of hydrogen-bond donors (Lipinski definition) is 1. The molecule has 4 heteroatoms. The highest BCUT2D eigenvalue weighted by Crippen LogP contribution is 2.24. The number of aromatic nitrogens is 1. The minimum Gasteiger partial charge on any atom is -0.394 e. The SMILES string of the molecule is CCCCn1c(-c2cccs2)ccc(N)c1=O. The van der Waals surface area contributed by atoms with Crippen molar-refractivity contribution in [3.8, 4) is 10.6 Å². The third-order valence-corrected chi connectivity index (χ3v) is 3.60. The van der Waals surface area contributed by atoms with Crippen molar-refractivity contribution >= 4 is 17.0 Å². The summed E-state index contributed by atoms with van der Waals surface area (Å²) in [7, 11) is 0. The van der Waals surface area contributed by atoms with E-state index < -0.39 is 0 Å². The molecule has 17 heavy (non-hydrogen) atoms. The van der Waals surface area contributed by atoms with Crippen LogP contribution in [0, 0.1) is 0 Å². The summed E-state index contributed by atoms with van der Waals surface area (Å²) in [6, 6.07) is 7.64. The van der Waals surface area contributed by atoms with Gasteiger partial charge in [-0.1, -0.05) is 19.4 Å². The van der Waals surface area contributed by atoms with Crippen molar-refractivity contribution in [1.29, 1.82) is 0 Å². The van der Waals surface area contributed by atoms with Crippen molar-refractivity contribution in [3.63, 3.8) is 0 Å². The molecule has 0 saturated heterocycles. The smallest absolute Gasteiger partial charge is 0.274 e. The number of nitrogen functional groups attached to an aromatic ring is 1. The fraction of sp³-hybridized carbons (Fsp3) is 0.308. The zero-order valence-electron chi connectivity index (χ0n) is 9.85. The van der Waals surface area contributed by atoms with Gasteiger partial charge in [-0.15, -0.1) is 11.3 Å². The fourth-order valence-corrected chi connectivity index (χ4v) is 2.53. The molecule has 0 aromatic carbocycles. The van der Waals surface area contributed by atoms with Crippen LogP contribution < -0.4 is 11.3 Å². The summed E-state index contributed by atoms with van der Waals surface area (Å²) in [4.78, 5) is 13.1. The quantitative estimate of drug-likeness (QED) is 0.904. The molecule has 0 bridgehead atoms. The van der Waals surface area contributed by atoms with E-state index in [2.05, 4.69) is 6.92 Å². The maximum Gasteiger partial charge on any atom is 0.274 e. The van der Waals surface area contributed by atoms with Gasteiger partial charge in [0.1, 0.15) is 0 Å². The van der Waals surface area contributed by atoms with E-state index in [1.54, 1.807) is 22.0 Å². The Morgan fingerprint density at radius 2 is 2.18 bits per heavy atom. The third-order valence-electron chi connectivity index (χ3n) is 2.71. The Morgan fingerprint density at radius 1 is 1.35 bits per heavy atom. The summed E-state index contributed by atoms with van der Waals surface area (Å²) in [5.74, 6) is 0. The van der Waals surface area contributed by atoms with Gasteiger partial charge in [0, 0.05) is 6.54 Å². The molecular formula is C13H16N2OS. The first kappa shape index (κ1) is 11.9. The van der Waals surface area contributed by atoms with E-state index in [4.69, 9.17) is 5.73 Å². The van der Waals surface area contributed by atoms with E-state index in [1.165, 1.54) is 0 Å². The lowest BCUT2D eigenvalue weighted by atomic mass is 10.2. The molecule has 0 fully saturated rings. The Bertz CT molecular complexity index is 543. The van der Waals surface area contributed by atoms with Crippen LogP contribution in [0.3, 0.4) is 0 Å². The summed E-state index contributed by atoms with van der Waals surface area (Å²) in [5.41, 5.74) is 6.89. The molecule has 90 valence electrons. The first-order valence-electron chi connectivity index (χ1n) is 5.77. The second kappa shape index (κ2) is 5.19. The minimum absolute atomic E-state index is 0.0793. The molecule has 0 aliphatic rings. The zero-order valence-corrected chi connectivity index (χ0v) is 10.7. The summed E-state index contributed by atoms with van der Waals surface area (Å²) < 4.78 is 1.78. The molecular weight excluding hydrogens is 232 g/mol. The van der Waals surface area contributed by atoms with E-state index in [9.17, 15) is 4.79 Å². The topological polar surface area (TPSA) is 48.0 Å². The molecule has 2 N–H and O–H groups in total. The standard InChI is InChI=1S/C13H16N2OS/c1-2-3-8-15-11(12-5-4-9-17-12)7-6-10(14)13(15)16/h4-7,9H,2-3,8,14H2,1H3. The van der Waals surface area contributed by atoms with Crippen LogP contribution in [0.4, 0.5) is 5.69 Å². The van der Waals surface area contributed by atoms with Crippen molar-refractivity contribution in [1.82, 2.24) is 4.57 Å². The van der Waals surface area contributed by atoms with Gasteiger partial charge in [-0.3, -0.25) is 4.79 Å². The lowest BCUT2D eigenvalue weighted by Gasteiger charge is -2.11. The van der Waals surface area contributed by atoms with Crippen molar-refractivity contribution in [2.24, 2.45) is 0 Å². The van der Waals surface area contributed by atoms with Crippen LogP contribution in [0.1, 0.15) is 19.8 Å². The highest BCUT2D eigenvalue weighted by molar-refractivity contribution is 7.13. The Balaban J connectivity index is 2.51. The number of nitrogens with zero attached hydrogens (tertiary/aromatic N) is 1. The predicted molar refractivity (Wildman–Crippen MR) is 73.3 cm³/mol. The minimum atomic E-state index is -0.0793. The van der Waals surface area contributed by atoms with Gasteiger partial charge in [0.05, 0.1) is 16.3 Å². The number of rotatable bonds is 4. The van der Waals surface area contributed by atoms with Crippen molar-refractivity contribution in [3.05, 3.63) is 40.0 Å². The first-order valence-corrected chi connectivity index (χ1v) is 6.65. The lowest BCUT2D eigenvalue weighted by molar-refractivity contribution is 0.620. The van der Waals surface area contributed by atoms with Gasteiger partial charge in [-0.2, -0.15) is 0 Å². The van der Waals surface area contributed by atoms with Gasteiger partial charge < -0.3 is 10.3 Å². The average Bonchev–Trinajstić information content (AvgIpc) is 2.84.